The maximum atomic E-state index is 12.5. The number of fused-ring (bicyclic) bond motifs is 3. The van der Waals surface area contributed by atoms with Crippen molar-refractivity contribution in [3.8, 4) is 0 Å². The lowest BCUT2D eigenvalue weighted by Crippen LogP contribution is -2.49. The zero-order chi connectivity index (χ0) is 16.0. The Kier molecular flexibility index (Phi) is 3.61. The number of methoxy groups -OCH3 is 1. The van der Waals surface area contributed by atoms with Crippen molar-refractivity contribution >= 4 is 16.7 Å². The van der Waals surface area contributed by atoms with Gasteiger partial charge < -0.3 is 4.74 Å². The molecule has 0 radical (unpaired) electrons. The summed E-state index contributed by atoms with van der Waals surface area (Å²) in [6.07, 6.45) is 3.34. The lowest BCUT2D eigenvalue weighted by molar-refractivity contribution is -0.150. The van der Waals surface area contributed by atoms with Crippen LogP contribution in [0.1, 0.15) is 30.7 Å². The van der Waals surface area contributed by atoms with Crippen LogP contribution in [0.2, 0.25) is 0 Å². The van der Waals surface area contributed by atoms with Gasteiger partial charge >= 0.3 is 5.97 Å². The van der Waals surface area contributed by atoms with E-state index in [9.17, 15) is 4.79 Å². The van der Waals surface area contributed by atoms with E-state index in [-0.39, 0.29) is 17.8 Å². The third-order valence-electron chi connectivity index (χ3n) is 5.94. The SMILES string of the molecule is COC(=O)[C@H]1[C@H](c2ccc3ccccc3c2)CC2CC[C@@H]1N2C. The van der Waals surface area contributed by atoms with E-state index in [1.54, 1.807) is 0 Å². The van der Waals surface area contributed by atoms with Crippen LogP contribution in [-0.4, -0.2) is 37.1 Å². The van der Waals surface area contributed by atoms with E-state index < -0.39 is 0 Å². The fourth-order valence-corrected chi connectivity index (χ4v) is 4.71. The van der Waals surface area contributed by atoms with Gasteiger partial charge in [0.1, 0.15) is 0 Å². The number of rotatable bonds is 2. The summed E-state index contributed by atoms with van der Waals surface area (Å²) < 4.78 is 5.16. The van der Waals surface area contributed by atoms with Crippen molar-refractivity contribution in [2.24, 2.45) is 5.92 Å². The highest BCUT2D eigenvalue weighted by Crippen LogP contribution is 2.46. The summed E-state index contributed by atoms with van der Waals surface area (Å²) in [7, 11) is 3.68. The van der Waals surface area contributed by atoms with Crippen molar-refractivity contribution in [1.29, 1.82) is 0 Å². The molecule has 2 heterocycles. The first-order valence-corrected chi connectivity index (χ1v) is 8.47. The van der Waals surface area contributed by atoms with Gasteiger partial charge in [-0.15, -0.1) is 0 Å². The number of benzene rings is 2. The summed E-state index contributed by atoms with van der Waals surface area (Å²) in [5.74, 6) is 0.158. The molecule has 2 aliphatic heterocycles. The third kappa shape index (κ3) is 2.34. The first-order chi connectivity index (χ1) is 11.2. The van der Waals surface area contributed by atoms with Gasteiger partial charge in [-0.25, -0.2) is 0 Å². The van der Waals surface area contributed by atoms with Crippen LogP contribution < -0.4 is 0 Å². The molecule has 0 amide bonds. The van der Waals surface area contributed by atoms with Crippen LogP contribution in [0.25, 0.3) is 10.8 Å². The summed E-state index contributed by atoms with van der Waals surface area (Å²) in [6, 6.07) is 16.0. The summed E-state index contributed by atoms with van der Waals surface area (Å²) in [5, 5.41) is 2.50. The Balaban J connectivity index is 1.76. The molecule has 4 rings (SSSR count). The summed E-state index contributed by atoms with van der Waals surface area (Å²) >= 11 is 0. The average Bonchev–Trinajstić information content (AvgIpc) is 2.83. The summed E-state index contributed by atoms with van der Waals surface area (Å²) in [6.45, 7) is 0. The highest BCUT2D eigenvalue weighted by molar-refractivity contribution is 5.83. The number of carbonyl (C=O) groups excluding carboxylic acids is 1. The Labute approximate surface area is 137 Å². The van der Waals surface area contributed by atoms with Crippen LogP contribution in [0.4, 0.5) is 0 Å². The minimum absolute atomic E-state index is 0.0510. The quantitative estimate of drug-likeness (QED) is 0.794. The fraction of sp³-hybridized carbons (Fsp3) is 0.450. The van der Waals surface area contributed by atoms with Crippen LogP contribution in [0.15, 0.2) is 42.5 Å². The van der Waals surface area contributed by atoms with Crippen molar-refractivity contribution in [3.05, 3.63) is 48.0 Å². The van der Waals surface area contributed by atoms with Gasteiger partial charge in [-0.3, -0.25) is 9.69 Å². The smallest absolute Gasteiger partial charge is 0.310 e. The third-order valence-corrected chi connectivity index (χ3v) is 5.94. The fourth-order valence-electron chi connectivity index (χ4n) is 4.71. The van der Waals surface area contributed by atoms with E-state index in [4.69, 9.17) is 4.74 Å². The number of piperidine rings is 1. The molecule has 2 aromatic rings. The van der Waals surface area contributed by atoms with Gasteiger partial charge in [0.25, 0.3) is 0 Å². The molecule has 2 bridgehead atoms. The molecule has 0 spiro atoms. The molecule has 0 aliphatic carbocycles. The van der Waals surface area contributed by atoms with Crippen LogP contribution in [0.3, 0.4) is 0 Å². The number of nitrogens with zero attached hydrogens (tertiary/aromatic N) is 1. The molecule has 0 saturated carbocycles. The molecule has 120 valence electrons. The molecular formula is C20H23NO2. The first-order valence-electron chi connectivity index (χ1n) is 8.47. The van der Waals surface area contributed by atoms with Gasteiger partial charge in [0.2, 0.25) is 0 Å². The molecular weight excluding hydrogens is 286 g/mol. The van der Waals surface area contributed by atoms with E-state index in [2.05, 4.69) is 54.4 Å². The largest absolute Gasteiger partial charge is 0.469 e. The Morgan fingerprint density at radius 3 is 2.70 bits per heavy atom. The summed E-state index contributed by atoms with van der Waals surface area (Å²) in [4.78, 5) is 14.9. The molecule has 0 N–H and O–H groups in total. The van der Waals surface area contributed by atoms with Gasteiger partial charge in [0.05, 0.1) is 13.0 Å². The van der Waals surface area contributed by atoms with Crippen molar-refractivity contribution in [2.75, 3.05) is 14.2 Å². The lowest BCUT2D eigenvalue weighted by Gasteiger charge is -2.41. The van der Waals surface area contributed by atoms with Gasteiger partial charge in [-0.05, 0) is 42.6 Å². The monoisotopic (exact) mass is 309 g/mol. The molecule has 4 atom stereocenters. The van der Waals surface area contributed by atoms with Crippen molar-refractivity contribution in [2.45, 2.75) is 37.3 Å². The Morgan fingerprint density at radius 2 is 1.91 bits per heavy atom. The molecule has 2 fully saturated rings. The second kappa shape index (κ2) is 5.64. The van der Waals surface area contributed by atoms with Crippen LogP contribution in [0.5, 0.6) is 0 Å². The van der Waals surface area contributed by atoms with Crippen LogP contribution >= 0.6 is 0 Å². The number of carbonyl (C=O) groups is 1. The van der Waals surface area contributed by atoms with Gasteiger partial charge in [0, 0.05) is 18.0 Å². The van der Waals surface area contributed by atoms with E-state index >= 15 is 0 Å². The van der Waals surface area contributed by atoms with Gasteiger partial charge in [-0.1, -0.05) is 42.5 Å². The molecule has 3 heteroatoms. The van der Waals surface area contributed by atoms with Crippen LogP contribution in [0, 0.1) is 5.92 Å². The predicted molar refractivity (Wildman–Crippen MR) is 91.4 cm³/mol. The van der Waals surface area contributed by atoms with E-state index in [1.165, 1.54) is 29.9 Å². The highest BCUT2D eigenvalue weighted by atomic mass is 16.5. The zero-order valence-electron chi connectivity index (χ0n) is 13.7. The molecule has 1 unspecified atom stereocenters. The number of hydrogen-bond donors (Lipinski definition) is 0. The number of ether oxygens (including phenoxy) is 1. The number of hydrogen-bond acceptors (Lipinski definition) is 3. The van der Waals surface area contributed by atoms with Crippen molar-refractivity contribution < 1.29 is 9.53 Å². The van der Waals surface area contributed by atoms with Crippen molar-refractivity contribution in [3.63, 3.8) is 0 Å². The minimum atomic E-state index is -0.0552. The molecule has 0 aromatic heterocycles. The topological polar surface area (TPSA) is 29.5 Å². The highest BCUT2D eigenvalue weighted by Gasteiger charge is 2.49. The second-order valence-corrected chi connectivity index (χ2v) is 6.96. The van der Waals surface area contributed by atoms with Crippen LogP contribution in [-0.2, 0) is 9.53 Å². The van der Waals surface area contributed by atoms with Gasteiger partial charge in [-0.2, -0.15) is 0 Å². The standard InChI is InChI=1S/C20H23NO2/c1-21-16-9-10-18(21)19(20(22)23-2)17(12-16)15-8-7-13-5-3-4-6-14(13)11-15/h3-8,11,16-19H,9-10,12H2,1-2H3/t16?,17-,18-,19-/m0/s1. The minimum Gasteiger partial charge on any atom is -0.469 e. The zero-order valence-corrected chi connectivity index (χ0v) is 13.7. The molecule has 2 saturated heterocycles. The molecule has 2 aliphatic rings. The lowest BCUT2D eigenvalue weighted by atomic mass is 9.76. The van der Waals surface area contributed by atoms with E-state index in [0.29, 0.717) is 12.1 Å². The molecule has 23 heavy (non-hydrogen) atoms. The van der Waals surface area contributed by atoms with Crippen molar-refractivity contribution in [1.82, 2.24) is 4.90 Å². The molecule has 2 aromatic carbocycles. The maximum Gasteiger partial charge on any atom is 0.310 e. The van der Waals surface area contributed by atoms with Gasteiger partial charge in [0.15, 0.2) is 0 Å². The Bertz CT molecular complexity index is 741. The van der Waals surface area contributed by atoms with E-state index in [0.717, 1.165) is 12.8 Å². The average molecular weight is 309 g/mol. The predicted octanol–water partition coefficient (Wildman–Crippen LogP) is 3.58. The number of esters is 1. The maximum absolute atomic E-state index is 12.5. The Morgan fingerprint density at radius 1 is 1.13 bits per heavy atom. The molecule has 3 nitrogen and oxygen atoms in total. The normalized spacial score (nSPS) is 30.5. The summed E-state index contributed by atoms with van der Waals surface area (Å²) in [5.41, 5.74) is 1.28. The Hall–Kier alpha value is -1.87. The second-order valence-electron chi connectivity index (χ2n) is 6.96. The first kappa shape index (κ1) is 14.7. The van der Waals surface area contributed by atoms with E-state index in [1.807, 2.05) is 0 Å².